The summed E-state index contributed by atoms with van der Waals surface area (Å²) in [7, 11) is 1.31. The van der Waals surface area contributed by atoms with Gasteiger partial charge in [0.05, 0.1) is 13.5 Å². The monoisotopic (exact) mass is 346 g/mol. The molecule has 1 aromatic rings. The van der Waals surface area contributed by atoms with E-state index in [0.717, 1.165) is 6.42 Å². The summed E-state index contributed by atoms with van der Waals surface area (Å²) < 4.78 is 4.54. The number of hydrogen-bond donors (Lipinski definition) is 0. The van der Waals surface area contributed by atoms with Crippen LogP contribution in [0.5, 0.6) is 0 Å². The molecule has 0 N–H and O–H groups in total. The van der Waals surface area contributed by atoms with Crippen molar-refractivity contribution in [3.63, 3.8) is 0 Å². The highest BCUT2D eigenvalue weighted by molar-refractivity contribution is 5.82. The van der Waals surface area contributed by atoms with Crippen LogP contribution in [0.4, 0.5) is 0 Å². The summed E-state index contributed by atoms with van der Waals surface area (Å²) in [6.45, 7) is 4.20. The first-order valence-corrected chi connectivity index (χ1v) is 8.67. The Kier molecular flexibility index (Phi) is 6.98. The van der Waals surface area contributed by atoms with Gasteiger partial charge < -0.3 is 14.5 Å². The standard InChI is InChI=1S/C19H26N2O4/c1-15-4-3-5-16(14-15)6-7-17(22)20-10-12-21(13-11-20)18(23)8-9-19(24)25-2/h3-5,14H,6-13H2,1-2H3. The summed E-state index contributed by atoms with van der Waals surface area (Å²) in [4.78, 5) is 39.0. The van der Waals surface area contributed by atoms with Gasteiger partial charge >= 0.3 is 5.97 Å². The van der Waals surface area contributed by atoms with Crippen molar-refractivity contribution < 1.29 is 19.1 Å². The van der Waals surface area contributed by atoms with Crippen LogP contribution in [-0.2, 0) is 25.5 Å². The normalized spacial score (nSPS) is 14.3. The van der Waals surface area contributed by atoms with E-state index in [-0.39, 0.29) is 30.6 Å². The zero-order valence-electron chi connectivity index (χ0n) is 15.0. The molecule has 0 spiro atoms. The van der Waals surface area contributed by atoms with Crippen molar-refractivity contribution in [2.75, 3.05) is 33.3 Å². The lowest BCUT2D eigenvalue weighted by Gasteiger charge is -2.35. The minimum Gasteiger partial charge on any atom is -0.469 e. The Bertz CT molecular complexity index is 622. The number of amides is 2. The molecule has 0 unspecified atom stereocenters. The van der Waals surface area contributed by atoms with Crippen molar-refractivity contribution in [3.8, 4) is 0 Å². The van der Waals surface area contributed by atoms with E-state index >= 15 is 0 Å². The fourth-order valence-corrected chi connectivity index (χ4v) is 2.95. The van der Waals surface area contributed by atoms with Gasteiger partial charge in [-0.15, -0.1) is 0 Å². The zero-order valence-corrected chi connectivity index (χ0v) is 15.0. The number of nitrogens with zero attached hydrogens (tertiary/aromatic N) is 2. The number of rotatable bonds is 6. The first-order chi connectivity index (χ1) is 12.0. The molecule has 2 amide bonds. The average molecular weight is 346 g/mol. The molecule has 0 atom stereocenters. The summed E-state index contributed by atoms with van der Waals surface area (Å²) in [6.07, 6.45) is 1.48. The predicted octanol–water partition coefficient (Wildman–Crippen LogP) is 1.55. The molecule has 1 saturated heterocycles. The van der Waals surface area contributed by atoms with Gasteiger partial charge in [-0.1, -0.05) is 29.8 Å². The molecule has 0 radical (unpaired) electrons. The molecule has 136 valence electrons. The number of piperazine rings is 1. The Labute approximate surface area is 148 Å². The van der Waals surface area contributed by atoms with E-state index in [4.69, 9.17) is 0 Å². The maximum atomic E-state index is 12.3. The number of methoxy groups -OCH3 is 1. The van der Waals surface area contributed by atoms with Crippen molar-refractivity contribution in [2.24, 2.45) is 0 Å². The lowest BCUT2D eigenvalue weighted by Crippen LogP contribution is -2.50. The van der Waals surface area contributed by atoms with Gasteiger partial charge in [0.1, 0.15) is 0 Å². The van der Waals surface area contributed by atoms with Crippen LogP contribution < -0.4 is 0 Å². The molecule has 25 heavy (non-hydrogen) atoms. The van der Waals surface area contributed by atoms with Crippen LogP contribution in [0.15, 0.2) is 24.3 Å². The van der Waals surface area contributed by atoms with E-state index < -0.39 is 0 Å². The van der Waals surface area contributed by atoms with Crippen LogP contribution in [0.25, 0.3) is 0 Å². The maximum Gasteiger partial charge on any atom is 0.306 e. The first kappa shape index (κ1) is 19.0. The van der Waals surface area contributed by atoms with Crippen molar-refractivity contribution in [3.05, 3.63) is 35.4 Å². The van der Waals surface area contributed by atoms with Crippen molar-refractivity contribution in [1.29, 1.82) is 0 Å². The number of aryl methyl sites for hydroxylation is 2. The fraction of sp³-hybridized carbons (Fsp3) is 0.526. The summed E-state index contributed by atoms with van der Waals surface area (Å²) in [5, 5.41) is 0. The summed E-state index contributed by atoms with van der Waals surface area (Å²) >= 11 is 0. The van der Waals surface area contributed by atoms with Crippen molar-refractivity contribution in [1.82, 2.24) is 9.80 Å². The van der Waals surface area contributed by atoms with Crippen molar-refractivity contribution in [2.45, 2.75) is 32.6 Å². The molecule has 6 heteroatoms. The molecular weight excluding hydrogens is 320 g/mol. The van der Waals surface area contributed by atoms with E-state index in [9.17, 15) is 14.4 Å². The number of carbonyl (C=O) groups is 3. The quantitative estimate of drug-likeness (QED) is 0.733. The number of esters is 1. The van der Waals surface area contributed by atoms with Crippen LogP contribution in [0.3, 0.4) is 0 Å². The largest absolute Gasteiger partial charge is 0.469 e. The highest BCUT2D eigenvalue weighted by atomic mass is 16.5. The molecule has 1 aromatic carbocycles. The van der Waals surface area contributed by atoms with Crippen LogP contribution in [-0.4, -0.2) is 60.9 Å². The van der Waals surface area contributed by atoms with Crippen LogP contribution in [0.1, 0.15) is 30.4 Å². The summed E-state index contributed by atoms with van der Waals surface area (Å²) in [5.41, 5.74) is 2.37. The second-order valence-corrected chi connectivity index (χ2v) is 6.33. The molecule has 0 aliphatic carbocycles. The third kappa shape index (κ3) is 5.89. The lowest BCUT2D eigenvalue weighted by molar-refractivity contribution is -0.144. The van der Waals surface area contributed by atoms with Crippen LogP contribution in [0.2, 0.25) is 0 Å². The molecule has 0 bridgehead atoms. The third-order valence-corrected chi connectivity index (χ3v) is 4.47. The topological polar surface area (TPSA) is 66.9 Å². The molecule has 1 aliphatic heterocycles. The number of benzene rings is 1. The Hall–Kier alpha value is -2.37. The number of hydrogen-bond acceptors (Lipinski definition) is 4. The Balaban J connectivity index is 1.72. The maximum absolute atomic E-state index is 12.3. The van der Waals surface area contributed by atoms with Gasteiger partial charge in [-0.2, -0.15) is 0 Å². The average Bonchev–Trinajstić information content (AvgIpc) is 2.64. The fourth-order valence-electron chi connectivity index (χ4n) is 2.95. The SMILES string of the molecule is COC(=O)CCC(=O)N1CCN(C(=O)CCc2cccc(C)c2)CC1. The Morgan fingerprint density at radius 1 is 0.960 bits per heavy atom. The Morgan fingerprint density at radius 3 is 2.12 bits per heavy atom. The van der Waals surface area contributed by atoms with E-state index in [0.29, 0.717) is 32.6 Å². The highest BCUT2D eigenvalue weighted by Gasteiger charge is 2.24. The molecular formula is C19H26N2O4. The molecule has 1 aliphatic rings. The second kappa shape index (κ2) is 9.20. The molecule has 1 fully saturated rings. The number of carbonyl (C=O) groups excluding carboxylic acids is 3. The summed E-state index contributed by atoms with van der Waals surface area (Å²) in [5.74, 6) is -0.307. The zero-order chi connectivity index (χ0) is 18.2. The minimum absolute atomic E-state index is 0.0581. The molecule has 0 aromatic heterocycles. The minimum atomic E-state index is -0.377. The van der Waals surface area contributed by atoms with E-state index in [2.05, 4.69) is 10.8 Å². The van der Waals surface area contributed by atoms with Gasteiger partial charge in [-0.05, 0) is 18.9 Å². The van der Waals surface area contributed by atoms with Gasteiger partial charge in [0.25, 0.3) is 0 Å². The highest BCUT2D eigenvalue weighted by Crippen LogP contribution is 2.11. The van der Waals surface area contributed by atoms with E-state index in [1.54, 1.807) is 4.90 Å². The van der Waals surface area contributed by atoms with Gasteiger partial charge in [0, 0.05) is 39.0 Å². The molecule has 1 heterocycles. The van der Waals surface area contributed by atoms with Crippen LogP contribution in [0, 0.1) is 6.92 Å². The van der Waals surface area contributed by atoms with Gasteiger partial charge in [-0.25, -0.2) is 0 Å². The third-order valence-electron chi connectivity index (χ3n) is 4.47. The summed E-state index contributed by atoms with van der Waals surface area (Å²) in [6, 6.07) is 8.19. The van der Waals surface area contributed by atoms with E-state index in [1.165, 1.54) is 18.2 Å². The van der Waals surface area contributed by atoms with Crippen molar-refractivity contribution >= 4 is 17.8 Å². The smallest absolute Gasteiger partial charge is 0.306 e. The molecule has 0 saturated carbocycles. The Morgan fingerprint density at radius 2 is 1.56 bits per heavy atom. The predicted molar refractivity (Wildman–Crippen MR) is 93.9 cm³/mol. The van der Waals surface area contributed by atoms with Crippen LogP contribution >= 0.6 is 0 Å². The molecule has 6 nitrogen and oxygen atoms in total. The number of ether oxygens (including phenoxy) is 1. The second-order valence-electron chi connectivity index (χ2n) is 6.33. The lowest BCUT2D eigenvalue weighted by atomic mass is 10.1. The molecule has 2 rings (SSSR count). The van der Waals surface area contributed by atoms with Gasteiger partial charge in [-0.3, -0.25) is 14.4 Å². The van der Waals surface area contributed by atoms with E-state index in [1.807, 2.05) is 30.0 Å². The van der Waals surface area contributed by atoms with Gasteiger partial charge in [0.15, 0.2) is 0 Å². The van der Waals surface area contributed by atoms with Gasteiger partial charge in [0.2, 0.25) is 11.8 Å². The first-order valence-electron chi connectivity index (χ1n) is 8.67.